The first-order valence-electron chi connectivity index (χ1n) is 3.25. The van der Waals surface area contributed by atoms with Crippen molar-refractivity contribution in [2.75, 3.05) is 7.11 Å². The van der Waals surface area contributed by atoms with Gasteiger partial charge in [0, 0.05) is 11.3 Å². The van der Waals surface area contributed by atoms with E-state index >= 15 is 0 Å². The molecule has 1 atom stereocenters. The maximum Gasteiger partial charge on any atom is 0.314 e. The van der Waals surface area contributed by atoms with E-state index in [1.165, 1.54) is 7.11 Å². The van der Waals surface area contributed by atoms with Gasteiger partial charge in [0.2, 0.25) is 0 Å². The molecule has 0 spiro atoms. The van der Waals surface area contributed by atoms with Crippen molar-refractivity contribution in [3.63, 3.8) is 0 Å². The molecule has 0 saturated carbocycles. The molecule has 0 amide bonds. The molecular weight excluding hydrogens is 160 g/mol. The van der Waals surface area contributed by atoms with Crippen molar-refractivity contribution in [3.05, 3.63) is 10.4 Å². The molecule has 0 N–H and O–H groups in total. The molecule has 12 heavy (non-hydrogen) atoms. The number of esters is 1. The summed E-state index contributed by atoms with van der Waals surface area (Å²) in [5, 5.41) is 11.4. The Morgan fingerprint density at radius 1 is 1.92 bits per heavy atom. The van der Waals surface area contributed by atoms with E-state index in [1.54, 1.807) is 0 Å². The van der Waals surface area contributed by atoms with E-state index in [0.717, 1.165) is 0 Å². The summed E-state index contributed by atoms with van der Waals surface area (Å²) in [6, 6.07) is 0.969. The second-order valence-corrected chi connectivity index (χ2v) is 1.94. The van der Waals surface area contributed by atoms with Crippen LogP contribution in [0.25, 0.3) is 10.4 Å². The summed E-state index contributed by atoms with van der Waals surface area (Å²) < 4.78 is 4.35. The number of nitriles is 1. The predicted molar refractivity (Wildman–Crippen MR) is 39.8 cm³/mol. The van der Waals surface area contributed by atoms with Crippen molar-refractivity contribution in [2.24, 2.45) is 5.11 Å². The predicted octanol–water partition coefficient (Wildman–Crippen LogP) is 1.14. The Bertz CT molecular complexity index is 238. The molecule has 0 aromatic carbocycles. The van der Waals surface area contributed by atoms with E-state index in [9.17, 15) is 4.79 Å². The van der Waals surface area contributed by atoms with Crippen LogP contribution in [0, 0.1) is 11.3 Å². The van der Waals surface area contributed by atoms with Gasteiger partial charge in [0.1, 0.15) is 6.04 Å². The van der Waals surface area contributed by atoms with Gasteiger partial charge in [-0.3, -0.25) is 4.79 Å². The largest absolute Gasteiger partial charge is 0.469 e. The number of carbonyl (C=O) groups is 1. The lowest BCUT2D eigenvalue weighted by molar-refractivity contribution is -0.142. The van der Waals surface area contributed by atoms with Crippen LogP contribution in [-0.2, 0) is 9.53 Å². The summed E-state index contributed by atoms with van der Waals surface area (Å²) in [6.07, 6.45) is 0.367. The number of methoxy groups -OCH3 is 1. The third-order valence-corrected chi connectivity index (χ3v) is 1.19. The van der Waals surface area contributed by atoms with Gasteiger partial charge in [-0.2, -0.15) is 5.26 Å². The van der Waals surface area contributed by atoms with Crippen LogP contribution < -0.4 is 0 Å². The van der Waals surface area contributed by atoms with Crippen molar-refractivity contribution >= 4 is 5.97 Å². The summed E-state index contributed by atoms with van der Waals surface area (Å²) in [5.74, 6) is -0.608. The first-order chi connectivity index (χ1) is 5.76. The third-order valence-electron chi connectivity index (χ3n) is 1.19. The van der Waals surface area contributed by atoms with Gasteiger partial charge in [0.25, 0.3) is 0 Å². The number of azide groups is 1. The van der Waals surface area contributed by atoms with Gasteiger partial charge in [0.05, 0.1) is 13.2 Å². The zero-order valence-corrected chi connectivity index (χ0v) is 6.60. The lowest BCUT2D eigenvalue weighted by atomic mass is 10.2. The smallest absolute Gasteiger partial charge is 0.314 e. The molecule has 0 bridgehead atoms. The Balaban J connectivity index is 4.14. The molecule has 6 nitrogen and oxygen atoms in total. The van der Waals surface area contributed by atoms with Gasteiger partial charge < -0.3 is 4.74 Å². The SMILES string of the molecule is COC(=O)C(CCC#N)N=[N+]=[N-]. The van der Waals surface area contributed by atoms with E-state index in [4.69, 9.17) is 10.8 Å². The number of rotatable bonds is 4. The quantitative estimate of drug-likeness (QED) is 0.272. The fourth-order valence-corrected chi connectivity index (χ4v) is 0.622. The minimum Gasteiger partial charge on any atom is -0.469 e. The molecule has 0 rings (SSSR count). The lowest BCUT2D eigenvalue weighted by Gasteiger charge is -2.04. The minimum atomic E-state index is -0.875. The highest BCUT2D eigenvalue weighted by Gasteiger charge is 2.16. The standard InChI is InChI=1S/C6H8N4O2/c1-12-6(11)5(9-10-8)3-2-4-7/h5H,2-3H2,1H3. The van der Waals surface area contributed by atoms with E-state index in [1.807, 2.05) is 6.07 Å². The van der Waals surface area contributed by atoms with E-state index in [2.05, 4.69) is 14.8 Å². The van der Waals surface area contributed by atoms with Crippen LogP contribution in [0.1, 0.15) is 12.8 Å². The van der Waals surface area contributed by atoms with E-state index in [0.29, 0.717) is 0 Å². The molecule has 64 valence electrons. The van der Waals surface area contributed by atoms with Crippen LogP contribution >= 0.6 is 0 Å². The number of nitrogens with zero attached hydrogens (tertiary/aromatic N) is 4. The van der Waals surface area contributed by atoms with Crippen molar-refractivity contribution in [1.82, 2.24) is 0 Å². The van der Waals surface area contributed by atoms with Crippen LogP contribution in [-0.4, -0.2) is 19.1 Å². The second kappa shape index (κ2) is 6.01. The zero-order chi connectivity index (χ0) is 9.40. The average molecular weight is 168 g/mol. The third kappa shape index (κ3) is 3.44. The van der Waals surface area contributed by atoms with Gasteiger partial charge in [0.15, 0.2) is 0 Å². The fraction of sp³-hybridized carbons (Fsp3) is 0.667. The molecule has 0 aliphatic carbocycles. The first kappa shape index (κ1) is 10.3. The van der Waals surface area contributed by atoms with Gasteiger partial charge in [-0.1, -0.05) is 5.11 Å². The number of ether oxygens (including phenoxy) is 1. The molecule has 0 heterocycles. The Hall–Kier alpha value is -1.73. The molecule has 0 fully saturated rings. The lowest BCUT2D eigenvalue weighted by Crippen LogP contribution is -2.19. The molecule has 6 heteroatoms. The van der Waals surface area contributed by atoms with E-state index < -0.39 is 12.0 Å². The summed E-state index contributed by atoms with van der Waals surface area (Å²) in [7, 11) is 1.20. The summed E-state index contributed by atoms with van der Waals surface area (Å²) in [4.78, 5) is 13.3. The summed E-state index contributed by atoms with van der Waals surface area (Å²) in [5.41, 5.74) is 8.05. The summed E-state index contributed by atoms with van der Waals surface area (Å²) in [6.45, 7) is 0. The second-order valence-electron chi connectivity index (χ2n) is 1.94. The van der Waals surface area contributed by atoms with Crippen molar-refractivity contribution < 1.29 is 9.53 Å². The Kier molecular flexibility index (Phi) is 5.14. The van der Waals surface area contributed by atoms with Crippen molar-refractivity contribution in [3.8, 4) is 6.07 Å². The first-order valence-corrected chi connectivity index (χ1v) is 3.25. The van der Waals surface area contributed by atoms with Crippen LogP contribution in [0.5, 0.6) is 0 Å². The normalized spacial score (nSPS) is 10.7. The monoisotopic (exact) mass is 168 g/mol. The Labute approximate surface area is 69.4 Å². The topological polar surface area (TPSA) is 98.9 Å². The van der Waals surface area contributed by atoms with E-state index in [-0.39, 0.29) is 12.8 Å². The van der Waals surface area contributed by atoms with Crippen LogP contribution in [0.3, 0.4) is 0 Å². The maximum atomic E-state index is 10.8. The van der Waals surface area contributed by atoms with Crippen LogP contribution in [0.4, 0.5) is 0 Å². The van der Waals surface area contributed by atoms with Crippen LogP contribution in [0.2, 0.25) is 0 Å². The van der Waals surface area contributed by atoms with Crippen LogP contribution in [0.15, 0.2) is 5.11 Å². The minimum absolute atomic E-state index is 0.165. The van der Waals surface area contributed by atoms with Crippen molar-refractivity contribution in [1.29, 1.82) is 5.26 Å². The molecule has 0 aliphatic rings. The molecule has 0 radical (unpaired) electrons. The molecule has 0 aliphatic heterocycles. The molecule has 0 aromatic heterocycles. The number of hydrogen-bond acceptors (Lipinski definition) is 4. The number of carbonyl (C=O) groups excluding carboxylic acids is 1. The van der Waals surface area contributed by atoms with Gasteiger partial charge in [-0.15, -0.1) is 0 Å². The highest BCUT2D eigenvalue weighted by molar-refractivity contribution is 5.75. The fourth-order valence-electron chi connectivity index (χ4n) is 0.622. The zero-order valence-electron chi connectivity index (χ0n) is 6.60. The molecule has 1 unspecified atom stereocenters. The Morgan fingerprint density at radius 2 is 2.58 bits per heavy atom. The average Bonchev–Trinajstić information content (AvgIpc) is 2.11. The maximum absolute atomic E-state index is 10.8. The van der Waals surface area contributed by atoms with Gasteiger partial charge in [-0.25, -0.2) is 0 Å². The molecular formula is C6H8N4O2. The molecule has 0 aromatic rings. The highest BCUT2D eigenvalue weighted by Crippen LogP contribution is 2.03. The Morgan fingerprint density at radius 3 is 3.00 bits per heavy atom. The number of hydrogen-bond donors (Lipinski definition) is 0. The van der Waals surface area contributed by atoms with Crippen molar-refractivity contribution in [2.45, 2.75) is 18.9 Å². The summed E-state index contributed by atoms with van der Waals surface area (Å²) >= 11 is 0. The van der Waals surface area contributed by atoms with Gasteiger partial charge in [-0.05, 0) is 12.0 Å². The van der Waals surface area contributed by atoms with Gasteiger partial charge >= 0.3 is 5.97 Å². The molecule has 0 saturated heterocycles. The highest BCUT2D eigenvalue weighted by atomic mass is 16.5.